The molecule has 2 aliphatic heterocycles. The van der Waals surface area contributed by atoms with E-state index in [1.807, 2.05) is 42.5 Å². The third-order valence-corrected chi connectivity index (χ3v) is 6.00. The van der Waals surface area contributed by atoms with E-state index in [1.54, 1.807) is 11.8 Å². The minimum atomic E-state index is -1.11. The van der Waals surface area contributed by atoms with Crippen molar-refractivity contribution in [2.45, 2.75) is 31.2 Å². The minimum absolute atomic E-state index is 0.0504. The average Bonchev–Trinajstić information content (AvgIpc) is 3.08. The number of imide groups is 1. The molecule has 2 fully saturated rings. The molecule has 4 rings (SSSR count). The van der Waals surface area contributed by atoms with Gasteiger partial charge in [0.05, 0.1) is 6.54 Å². The molecule has 1 unspecified atom stereocenters. The number of hydrogen-bond donors (Lipinski definition) is 3. The maximum Gasteiger partial charge on any atom is 0.322 e. The molecule has 0 bridgehead atoms. The summed E-state index contributed by atoms with van der Waals surface area (Å²) in [4.78, 5) is 37.5. The van der Waals surface area contributed by atoms with E-state index in [4.69, 9.17) is 0 Å². The quantitative estimate of drug-likeness (QED) is 0.516. The molecule has 1 atom stereocenters. The van der Waals surface area contributed by atoms with Crippen LogP contribution in [-0.2, 0) is 4.79 Å². The number of amides is 5. The predicted molar refractivity (Wildman–Crippen MR) is 121 cm³/mol. The molecule has 0 radical (unpaired) electrons. The van der Waals surface area contributed by atoms with Crippen LogP contribution in [0.15, 0.2) is 54.6 Å². The van der Waals surface area contributed by atoms with Gasteiger partial charge in [0.2, 0.25) is 0 Å². The number of hydrogen-bond acceptors (Lipinski definition) is 3. The Morgan fingerprint density at radius 1 is 1.03 bits per heavy atom. The third kappa shape index (κ3) is 4.92. The molecule has 7 heteroatoms. The van der Waals surface area contributed by atoms with E-state index in [9.17, 15) is 14.4 Å². The first-order valence-corrected chi connectivity index (χ1v) is 10.8. The van der Waals surface area contributed by atoms with Crippen molar-refractivity contribution in [3.05, 3.63) is 71.3 Å². The normalized spacial score (nSPS) is 20.7. The van der Waals surface area contributed by atoms with Crippen molar-refractivity contribution in [1.29, 1.82) is 0 Å². The van der Waals surface area contributed by atoms with Crippen molar-refractivity contribution in [2.75, 3.05) is 19.6 Å². The van der Waals surface area contributed by atoms with Crippen LogP contribution in [-0.4, -0.2) is 48.0 Å². The fourth-order valence-corrected chi connectivity index (χ4v) is 3.99. The maximum absolute atomic E-state index is 12.5. The van der Waals surface area contributed by atoms with Crippen LogP contribution in [0.4, 0.5) is 9.59 Å². The molecule has 164 valence electrons. The molecule has 0 saturated carbocycles. The summed E-state index contributed by atoms with van der Waals surface area (Å²) in [5.41, 5.74) is 2.11. The number of benzene rings is 2. The van der Waals surface area contributed by atoms with E-state index >= 15 is 0 Å². The van der Waals surface area contributed by atoms with Crippen LogP contribution in [0.25, 0.3) is 0 Å². The van der Waals surface area contributed by atoms with Crippen molar-refractivity contribution in [2.24, 2.45) is 0 Å². The van der Waals surface area contributed by atoms with Gasteiger partial charge in [-0.25, -0.2) is 9.59 Å². The average molecular weight is 431 g/mol. The Kier molecular flexibility index (Phi) is 6.13. The lowest BCUT2D eigenvalue weighted by Gasteiger charge is -2.33. The number of piperidine rings is 1. The zero-order valence-electron chi connectivity index (χ0n) is 18.0. The Hall–Kier alpha value is -3.79. The van der Waals surface area contributed by atoms with Crippen LogP contribution in [0, 0.1) is 11.8 Å². The summed E-state index contributed by atoms with van der Waals surface area (Å²) in [6, 6.07) is 17.5. The number of urea groups is 2. The van der Waals surface area contributed by atoms with E-state index < -0.39 is 17.5 Å². The van der Waals surface area contributed by atoms with Gasteiger partial charge in [-0.2, -0.15) is 0 Å². The van der Waals surface area contributed by atoms with Crippen molar-refractivity contribution in [3.63, 3.8) is 0 Å². The summed E-state index contributed by atoms with van der Waals surface area (Å²) < 4.78 is 0. The number of carbonyl (C=O) groups is 3. The number of likely N-dealkylation sites (tertiary alicyclic amines) is 1. The fourth-order valence-electron chi connectivity index (χ4n) is 3.99. The molecule has 3 N–H and O–H groups in total. The molecular weight excluding hydrogens is 404 g/mol. The first-order valence-electron chi connectivity index (χ1n) is 10.8. The van der Waals surface area contributed by atoms with Gasteiger partial charge in [0.15, 0.2) is 0 Å². The topological polar surface area (TPSA) is 90.5 Å². The predicted octanol–water partition coefficient (Wildman–Crippen LogP) is 2.57. The van der Waals surface area contributed by atoms with Gasteiger partial charge >= 0.3 is 12.1 Å². The Balaban J connectivity index is 1.27. The van der Waals surface area contributed by atoms with Crippen LogP contribution in [0.5, 0.6) is 0 Å². The SMILES string of the molecule is CC1(CNC(=O)N2CCC(c3ccc(C#Cc4ccccc4)cc3)CC2)NC(=O)NC1=O. The maximum atomic E-state index is 12.5. The monoisotopic (exact) mass is 430 g/mol. The fraction of sp³-hybridized carbons (Fsp3) is 0.320. The Morgan fingerprint density at radius 2 is 1.66 bits per heavy atom. The van der Waals surface area contributed by atoms with Gasteiger partial charge in [-0.1, -0.05) is 42.2 Å². The molecule has 2 heterocycles. The van der Waals surface area contributed by atoms with Crippen LogP contribution in [0.1, 0.15) is 42.4 Å². The van der Waals surface area contributed by atoms with E-state index in [2.05, 4.69) is 39.9 Å². The van der Waals surface area contributed by atoms with Crippen molar-refractivity contribution >= 4 is 18.0 Å². The molecule has 0 spiro atoms. The first kappa shape index (κ1) is 21.4. The number of carbonyl (C=O) groups excluding carboxylic acids is 3. The lowest BCUT2D eigenvalue weighted by Crippen LogP contribution is -2.55. The summed E-state index contributed by atoms with van der Waals surface area (Å²) in [5, 5.41) is 7.51. The van der Waals surface area contributed by atoms with Gasteiger partial charge in [-0.15, -0.1) is 0 Å². The summed E-state index contributed by atoms with van der Waals surface area (Å²) >= 11 is 0. The lowest BCUT2D eigenvalue weighted by molar-refractivity contribution is -0.123. The van der Waals surface area contributed by atoms with Gasteiger partial charge in [0.25, 0.3) is 5.91 Å². The zero-order chi connectivity index (χ0) is 22.6. The highest BCUT2D eigenvalue weighted by Crippen LogP contribution is 2.28. The smallest absolute Gasteiger partial charge is 0.322 e. The highest BCUT2D eigenvalue weighted by atomic mass is 16.2. The standard InChI is InChI=1S/C25H26N4O3/c1-25(22(30)27-23(31)28-25)17-26-24(32)29-15-13-21(14-16-29)20-11-9-19(10-12-20)8-7-18-5-3-2-4-6-18/h2-6,9-12,21H,13-17H2,1H3,(H,26,32)(H2,27,28,30,31). The number of nitrogens with zero attached hydrogens (tertiary/aromatic N) is 1. The van der Waals surface area contributed by atoms with E-state index in [1.165, 1.54) is 5.56 Å². The molecule has 2 aromatic rings. The molecule has 2 saturated heterocycles. The van der Waals surface area contributed by atoms with Gasteiger partial charge in [0, 0.05) is 24.2 Å². The Bertz CT molecular complexity index is 1060. The summed E-state index contributed by atoms with van der Waals surface area (Å²) in [5.74, 6) is 6.33. The van der Waals surface area contributed by atoms with Crippen LogP contribution >= 0.6 is 0 Å². The second-order valence-corrected chi connectivity index (χ2v) is 8.40. The number of nitrogens with one attached hydrogen (secondary N) is 3. The van der Waals surface area contributed by atoms with Gasteiger partial charge < -0.3 is 15.5 Å². The summed E-state index contributed by atoms with van der Waals surface area (Å²) in [6.45, 7) is 2.92. The molecule has 0 aliphatic carbocycles. The van der Waals surface area contributed by atoms with Crippen LogP contribution < -0.4 is 16.0 Å². The molecule has 5 amide bonds. The molecule has 7 nitrogen and oxygen atoms in total. The van der Waals surface area contributed by atoms with Crippen LogP contribution in [0.2, 0.25) is 0 Å². The highest BCUT2D eigenvalue weighted by molar-refractivity contribution is 6.07. The highest BCUT2D eigenvalue weighted by Gasteiger charge is 2.42. The third-order valence-electron chi connectivity index (χ3n) is 6.00. The summed E-state index contributed by atoms with van der Waals surface area (Å²) in [7, 11) is 0. The van der Waals surface area contributed by atoms with Gasteiger partial charge in [0.1, 0.15) is 5.54 Å². The zero-order valence-corrected chi connectivity index (χ0v) is 18.0. The molecule has 2 aliphatic rings. The lowest BCUT2D eigenvalue weighted by atomic mass is 9.89. The summed E-state index contributed by atoms with van der Waals surface area (Å²) in [6.07, 6.45) is 1.74. The first-order chi connectivity index (χ1) is 15.4. The Morgan fingerprint density at radius 3 is 2.25 bits per heavy atom. The Labute approximate surface area is 187 Å². The van der Waals surface area contributed by atoms with Crippen molar-refractivity contribution in [1.82, 2.24) is 20.9 Å². The molecule has 2 aromatic carbocycles. The van der Waals surface area contributed by atoms with Crippen molar-refractivity contribution in [3.8, 4) is 11.8 Å². The molecule has 32 heavy (non-hydrogen) atoms. The van der Waals surface area contributed by atoms with E-state index in [-0.39, 0.29) is 12.6 Å². The van der Waals surface area contributed by atoms with Crippen molar-refractivity contribution < 1.29 is 14.4 Å². The largest absolute Gasteiger partial charge is 0.335 e. The second kappa shape index (κ2) is 9.15. The number of rotatable bonds is 3. The van der Waals surface area contributed by atoms with E-state index in [0.29, 0.717) is 19.0 Å². The minimum Gasteiger partial charge on any atom is -0.335 e. The second-order valence-electron chi connectivity index (χ2n) is 8.40. The van der Waals surface area contributed by atoms with E-state index in [0.717, 1.165) is 24.0 Å². The van der Waals surface area contributed by atoms with Gasteiger partial charge in [-0.05, 0) is 55.5 Å². The van der Waals surface area contributed by atoms with Gasteiger partial charge in [-0.3, -0.25) is 10.1 Å². The van der Waals surface area contributed by atoms with Crippen LogP contribution in [0.3, 0.4) is 0 Å². The molecular formula is C25H26N4O3. The molecule has 0 aromatic heterocycles.